The molecule has 4 aromatic rings. The van der Waals surface area contributed by atoms with Crippen molar-refractivity contribution in [2.24, 2.45) is 0 Å². The lowest BCUT2D eigenvalue weighted by molar-refractivity contribution is -0.124. The fraction of sp³-hybridized carbons (Fsp3) is 0.174. The second-order valence-corrected chi connectivity index (χ2v) is 7.98. The largest absolute Gasteiger partial charge is 0.350 e. The summed E-state index contributed by atoms with van der Waals surface area (Å²) in [4.78, 5) is 21.6. The number of carbonyl (C=O) groups excluding carboxylic acids is 1. The highest BCUT2D eigenvalue weighted by atomic mass is 35.5. The highest BCUT2D eigenvalue weighted by molar-refractivity contribution is 6.42. The van der Waals surface area contributed by atoms with E-state index in [1.54, 1.807) is 54.2 Å². The number of nitrogens with zero attached hydrogens (tertiary/aromatic N) is 3. The van der Waals surface area contributed by atoms with Gasteiger partial charge in [0.25, 0.3) is 0 Å². The SMILES string of the molecule is CC(C(=O)NCc1ccncc1)n1c(Cc2ccccc2F)nc2cc(Cl)c(Cl)cc21. The minimum absolute atomic E-state index is 0.197. The zero-order valence-corrected chi connectivity index (χ0v) is 18.2. The van der Waals surface area contributed by atoms with Gasteiger partial charge >= 0.3 is 0 Å². The first-order valence-electron chi connectivity index (χ1n) is 9.70. The summed E-state index contributed by atoms with van der Waals surface area (Å²) in [6.45, 7) is 2.14. The molecule has 0 radical (unpaired) electrons. The van der Waals surface area contributed by atoms with Crippen molar-refractivity contribution in [2.75, 3.05) is 0 Å². The molecule has 1 unspecified atom stereocenters. The molecule has 2 aromatic carbocycles. The lowest BCUT2D eigenvalue weighted by atomic mass is 10.1. The Kier molecular flexibility index (Phi) is 6.20. The van der Waals surface area contributed by atoms with Crippen LogP contribution in [0.25, 0.3) is 11.0 Å². The fourth-order valence-corrected chi connectivity index (χ4v) is 3.78. The van der Waals surface area contributed by atoms with Crippen molar-refractivity contribution in [3.63, 3.8) is 0 Å². The third-order valence-corrected chi connectivity index (χ3v) is 5.82. The van der Waals surface area contributed by atoms with Crippen molar-refractivity contribution in [3.8, 4) is 0 Å². The van der Waals surface area contributed by atoms with E-state index in [1.807, 2.05) is 12.1 Å². The molecule has 4 rings (SSSR count). The molecule has 158 valence electrons. The highest BCUT2D eigenvalue weighted by Gasteiger charge is 2.23. The van der Waals surface area contributed by atoms with Gasteiger partial charge in [0.15, 0.2) is 0 Å². The average Bonchev–Trinajstić information content (AvgIpc) is 3.10. The first-order valence-corrected chi connectivity index (χ1v) is 10.5. The smallest absolute Gasteiger partial charge is 0.243 e. The summed E-state index contributed by atoms with van der Waals surface area (Å²) >= 11 is 12.4. The molecule has 0 bridgehead atoms. The summed E-state index contributed by atoms with van der Waals surface area (Å²) in [6, 6.07) is 12.9. The van der Waals surface area contributed by atoms with Crippen LogP contribution in [0, 0.1) is 5.82 Å². The number of pyridine rings is 1. The van der Waals surface area contributed by atoms with E-state index in [9.17, 15) is 9.18 Å². The molecule has 1 N–H and O–H groups in total. The Bertz CT molecular complexity index is 1240. The average molecular weight is 457 g/mol. The lowest BCUT2D eigenvalue weighted by Crippen LogP contribution is -2.31. The standard InChI is InChI=1S/C23H19Cl2FN4O/c1-14(23(31)28-13-15-6-8-27-9-7-15)30-21-12-18(25)17(24)11-20(21)29-22(30)10-16-4-2-3-5-19(16)26/h2-9,11-12,14H,10,13H2,1H3,(H,28,31). The monoisotopic (exact) mass is 456 g/mol. The van der Waals surface area contributed by atoms with E-state index in [0.29, 0.717) is 39.0 Å². The molecule has 1 atom stereocenters. The molecule has 8 heteroatoms. The van der Waals surface area contributed by atoms with Crippen molar-refractivity contribution in [2.45, 2.75) is 25.9 Å². The molecule has 0 aliphatic rings. The molecule has 0 spiro atoms. The molecule has 5 nitrogen and oxygen atoms in total. The third-order valence-electron chi connectivity index (χ3n) is 5.09. The first-order chi connectivity index (χ1) is 14.9. The van der Waals surface area contributed by atoms with E-state index in [-0.39, 0.29) is 18.1 Å². The second-order valence-electron chi connectivity index (χ2n) is 7.17. The molecule has 1 amide bonds. The minimum atomic E-state index is -0.606. The number of hydrogen-bond donors (Lipinski definition) is 1. The number of amides is 1. The van der Waals surface area contributed by atoms with Gasteiger partial charge in [-0.2, -0.15) is 0 Å². The van der Waals surface area contributed by atoms with Crippen LogP contribution in [0.1, 0.15) is 29.9 Å². The van der Waals surface area contributed by atoms with Crippen LogP contribution in [-0.4, -0.2) is 20.4 Å². The van der Waals surface area contributed by atoms with Crippen LogP contribution in [0.5, 0.6) is 0 Å². The van der Waals surface area contributed by atoms with E-state index in [1.165, 1.54) is 6.07 Å². The first kappa shape index (κ1) is 21.3. The topological polar surface area (TPSA) is 59.8 Å². The van der Waals surface area contributed by atoms with Gasteiger partial charge in [-0.1, -0.05) is 41.4 Å². The lowest BCUT2D eigenvalue weighted by Gasteiger charge is -2.18. The summed E-state index contributed by atoms with van der Waals surface area (Å²) in [5, 5.41) is 3.66. The highest BCUT2D eigenvalue weighted by Crippen LogP contribution is 2.31. The quantitative estimate of drug-likeness (QED) is 0.425. The van der Waals surface area contributed by atoms with Crippen LogP contribution in [0.15, 0.2) is 60.9 Å². The summed E-state index contributed by atoms with van der Waals surface area (Å²) < 4.78 is 16.1. The van der Waals surface area contributed by atoms with E-state index >= 15 is 0 Å². The molecule has 0 saturated heterocycles. The van der Waals surface area contributed by atoms with Gasteiger partial charge in [-0.15, -0.1) is 0 Å². The summed E-state index contributed by atoms with van der Waals surface area (Å²) in [7, 11) is 0. The van der Waals surface area contributed by atoms with Gasteiger partial charge in [0.2, 0.25) is 5.91 Å². The molecule has 0 aliphatic carbocycles. The number of hydrogen-bond acceptors (Lipinski definition) is 3. The predicted octanol–water partition coefficient (Wildman–Crippen LogP) is 5.35. The van der Waals surface area contributed by atoms with Crippen molar-refractivity contribution in [1.82, 2.24) is 19.9 Å². The molecule has 2 heterocycles. The maximum atomic E-state index is 14.3. The number of nitrogens with one attached hydrogen (secondary N) is 1. The maximum Gasteiger partial charge on any atom is 0.243 e. The van der Waals surface area contributed by atoms with Crippen LogP contribution >= 0.6 is 23.2 Å². The maximum absolute atomic E-state index is 14.3. The van der Waals surface area contributed by atoms with Gasteiger partial charge in [0.1, 0.15) is 17.7 Å². The van der Waals surface area contributed by atoms with Gasteiger partial charge in [-0.3, -0.25) is 9.78 Å². The van der Waals surface area contributed by atoms with Crippen molar-refractivity contribution in [3.05, 3.63) is 93.7 Å². The van der Waals surface area contributed by atoms with Crippen LogP contribution in [-0.2, 0) is 17.8 Å². The summed E-state index contributed by atoms with van der Waals surface area (Å²) in [6.07, 6.45) is 3.57. The van der Waals surface area contributed by atoms with Crippen LogP contribution in [0.3, 0.4) is 0 Å². The number of carbonyl (C=O) groups is 1. The molecular formula is C23H19Cl2FN4O. The van der Waals surface area contributed by atoms with E-state index in [2.05, 4.69) is 15.3 Å². The van der Waals surface area contributed by atoms with Gasteiger partial charge in [0, 0.05) is 25.4 Å². The Labute approximate surface area is 188 Å². The molecule has 2 aromatic heterocycles. The Hall–Kier alpha value is -2.96. The van der Waals surface area contributed by atoms with Crippen LogP contribution in [0.2, 0.25) is 10.0 Å². The van der Waals surface area contributed by atoms with E-state index in [4.69, 9.17) is 23.2 Å². The number of benzene rings is 2. The molecule has 0 aliphatic heterocycles. The van der Waals surface area contributed by atoms with Gasteiger partial charge in [-0.25, -0.2) is 9.37 Å². The minimum Gasteiger partial charge on any atom is -0.350 e. The number of fused-ring (bicyclic) bond motifs is 1. The third kappa shape index (κ3) is 4.55. The number of aromatic nitrogens is 3. The zero-order valence-electron chi connectivity index (χ0n) is 16.6. The fourth-order valence-electron chi connectivity index (χ4n) is 3.46. The Morgan fingerprint density at radius 1 is 1.13 bits per heavy atom. The molecule has 0 saturated carbocycles. The normalized spacial score (nSPS) is 12.1. The molecule has 31 heavy (non-hydrogen) atoms. The van der Waals surface area contributed by atoms with E-state index in [0.717, 1.165) is 5.56 Å². The zero-order chi connectivity index (χ0) is 22.0. The Morgan fingerprint density at radius 2 is 1.84 bits per heavy atom. The van der Waals surface area contributed by atoms with E-state index < -0.39 is 6.04 Å². The Balaban J connectivity index is 1.70. The molecular weight excluding hydrogens is 438 g/mol. The van der Waals surface area contributed by atoms with Crippen LogP contribution in [0.4, 0.5) is 4.39 Å². The van der Waals surface area contributed by atoms with Crippen molar-refractivity contribution >= 4 is 40.1 Å². The van der Waals surface area contributed by atoms with Gasteiger partial charge in [0.05, 0.1) is 21.1 Å². The number of rotatable bonds is 6. The summed E-state index contributed by atoms with van der Waals surface area (Å²) in [5.41, 5.74) is 2.68. The second kappa shape index (κ2) is 9.04. The van der Waals surface area contributed by atoms with Gasteiger partial charge in [-0.05, 0) is 48.4 Å². The number of imidazole rings is 1. The van der Waals surface area contributed by atoms with Crippen LogP contribution < -0.4 is 5.32 Å². The predicted molar refractivity (Wildman–Crippen MR) is 120 cm³/mol. The van der Waals surface area contributed by atoms with Crippen molar-refractivity contribution < 1.29 is 9.18 Å². The summed E-state index contributed by atoms with van der Waals surface area (Å²) in [5.74, 6) is 0.0222. The Morgan fingerprint density at radius 3 is 2.58 bits per heavy atom. The van der Waals surface area contributed by atoms with Crippen molar-refractivity contribution in [1.29, 1.82) is 0 Å². The van der Waals surface area contributed by atoms with Gasteiger partial charge < -0.3 is 9.88 Å². The molecule has 0 fully saturated rings. The number of halogens is 3.